The van der Waals surface area contributed by atoms with Crippen LogP contribution in [0, 0.1) is 11.8 Å². The van der Waals surface area contributed by atoms with Gasteiger partial charge in [0, 0.05) is 25.0 Å². The van der Waals surface area contributed by atoms with Gasteiger partial charge in [-0.05, 0) is 43.1 Å². The number of amides is 2. The molecule has 3 nitrogen and oxygen atoms in total. The summed E-state index contributed by atoms with van der Waals surface area (Å²) in [7, 11) is 0. The molecular weight excluding hydrogens is 272 g/mol. The lowest BCUT2D eigenvalue weighted by Gasteiger charge is -2.34. The van der Waals surface area contributed by atoms with Crippen molar-refractivity contribution in [1.82, 2.24) is 10.2 Å². The molecule has 120 valence electrons. The van der Waals surface area contributed by atoms with Gasteiger partial charge in [-0.3, -0.25) is 0 Å². The van der Waals surface area contributed by atoms with Gasteiger partial charge in [-0.15, -0.1) is 0 Å². The standard InChI is InChI=1S/C19H28N2O/c1-14-8-9-18(15(2)12-14)20-19(22)21-11-10-17(13-21)16-6-4-3-5-7-16/h3-7,14-15,17-18H,8-13H2,1-2H3,(H,20,22). The van der Waals surface area contributed by atoms with Gasteiger partial charge in [0.05, 0.1) is 0 Å². The van der Waals surface area contributed by atoms with Crippen LogP contribution in [0.15, 0.2) is 30.3 Å². The minimum Gasteiger partial charge on any atom is -0.335 e. The van der Waals surface area contributed by atoms with Crippen LogP contribution in [0.3, 0.4) is 0 Å². The highest BCUT2D eigenvalue weighted by atomic mass is 16.2. The Hall–Kier alpha value is -1.51. The molecule has 0 spiro atoms. The lowest BCUT2D eigenvalue weighted by molar-refractivity contribution is 0.182. The number of nitrogens with one attached hydrogen (secondary N) is 1. The molecule has 4 unspecified atom stereocenters. The number of carbonyl (C=O) groups excluding carboxylic acids is 1. The number of likely N-dealkylation sites (tertiary alicyclic amines) is 1. The molecule has 4 atom stereocenters. The van der Waals surface area contributed by atoms with E-state index in [2.05, 4.69) is 43.4 Å². The number of hydrogen-bond acceptors (Lipinski definition) is 1. The molecule has 0 aromatic heterocycles. The van der Waals surface area contributed by atoms with Crippen LogP contribution in [0.25, 0.3) is 0 Å². The van der Waals surface area contributed by atoms with E-state index in [0.29, 0.717) is 17.9 Å². The molecule has 1 N–H and O–H groups in total. The van der Waals surface area contributed by atoms with Gasteiger partial charge < -0.3 is 10.2 Å². The highest BCUT2D eigenvalue weighted by Gasteiger charge is 2.31. The summed E-state index contributed by atoms with van der Waals surface area (Å²) in [5.41, 5.74) is 1.36. The molecule has 22 heavy (non-hydrogen) atoms. The molecule has 1 aromatic carbocycles. The molecule has 2 fully saturated rings. The van der Waals surface area contributed by atoms with E-state index in [4.69, 9.17) is 0 Å². The smallest absolute Gasteiger partial charge is 0.317 e. The van der Waals surface area contributed by atoms with Gasteiger partial charge in [-0.2, -0.15) is 0 Å². The second-order valence-corrected chi connectivity index (χ2v) is 7.29. The fourth-order valence-corrected chi connectivity index (χ4v) is 4.07. The quantitative estimate of drug-likeness (QED) is 0.879. The molecule has 1 aromatic rings. The van der Waals surface area contributed by atoms with Gasteiger partial charge in [0.2, 0.25) is 0 Å². The Morgan fingerprint density at radius 1 is 1.14 bits per heavy atom. The van der Waals surface area contributed by atoms with Crippen LogP contribution >= 0.6 is 0 Å². The molecular formula is C19H28N2O. The number of urea groups is 1. The van der Waals surface area contributed by atoms with Crippen LogP contribution < -0.4 is 5.32 Å². The molecule has 1 saturated heterocycles. The van der Waals surface area contributed by atoms with Crippen LogP contribution in [0.5, 0.6) is 0 Å². The molecule has 1 aliphatic heterocycles. The lowest BCUT2D eigenvalue weighted by atomic mass is 9.80. The maximum absolute atomic E-state index is 12.5. The highest BCUT2D eigenvalue weighted by molar-refractivity contribution is 5.75. The maximum Gasteiger partial charge on any atom is 0.317 e. The minimum atomic E-state index is 0.143. The van der Waals surface area contributed by atoms with Crippen LogP contribution in [0.4, 0.5) is 4.79 Å². The summed E-state index contributed by atoms with van der Waals surface area (Å²) in [5, 5.41) is 3.29. The third-order valence-electron chi connectivity index (χ3n) is 5.49. The molecule has 1 heterocycles. The molecule has 1 aliphatic carbocycles. The van der Waals surface area contributed by atoms with E-state index in [1.54, 1.807) is 0 Å². The maximum atomic E-state index is 12.5. The highest BCUT2D eigenvalue weighted by Crippen LogP contribution is 2.30. The summed E-state index contributed by atoms with van der Waals surface area (Å²) in [6, 6.07) is 11.1. The average Bonchev–Trinajstić information content (AvgIpc) is 3.01. The van der Waals surface area contributed by atoms with Gasteiger partial charge >= 0.3 is 6.03 Å². The number of hydrogen-bond donors (Lipinski definition) is 1. The first kappa shape index (κ1) is 15.4. The molecule has 3 rings (SSSR count). The summed E-state index contributed by atoms with van der Waals surface area (Å²) >= 11 is 0. The molecule has 3 heteroatoms. The van der Waals surface area contributed by atoms with E-state index in [-0.39, 0.29) is 6.03 Å². The first-order chi connectivity index (χ1) is 10.6. The Labute approximate surface area is 134 Å². The van der Waals surface area contributed by atoms with Gasteiger partial charge in [-0.1, -0.05) is 44.2 Å². The van der Waals surface area contributed by atoms with Crippen molar-refractivity contribution in [2.24, 2.45) is 11.8 Å². The first-order valence-corrected chi connectivity index (χ1v) is 8.74. The summed E-state index contributed by atoms with van der Waals surface area (Å²) in [6.07, 6.45) is 4.68. The predicted octanol–water partition coefficient (Wildman–Crippen LogP) is 4.01. The summed E-state index contributed by atoms with van der Waals surface area (Å²) in [5.74, 6) is 1.90. The SMILES string of the molecule is CC1CCC(NC(=O)N2CCC(c3ccccc3)C2)C(C)C1. The van der Waals surface area contributed by atoms with Crippen molar-refractivity contribution in [3.63, 3.8) is 0 Å². The zero-order valence-corrected chi connectivity index (χ0v) is 13.8. The van der Waals surface area contributed by atoms with Crippen LogP contribution in [0.2, 0.25) is 0 Å². The third kappa shape index (κ3) is 3.45. The summed E-state index contributed by atoms with van der Waals surface area (Å²) in [6.45, 7) is 6.33. The lowest BCUT2D eigenvalue weighted by Crippen LogP contribution is -2.48. The van der Waals surface area contributed by atoms with Crippen molar-refractivity contribution in [3.8, 4) is 0 Å². The Bertz CT molecular complexity index is 501. The molecule has 0 radical (unpaired) electrons. The van der Waals surface area contributed by atoms with E-state index in [0.717, 1.165) is 31.8 Å². The number of rotatable bonds is 2. The van der Waals surface area contributed by atoms with Crippen LogP contribution in [-0.2, 0) is 0 Å². The van der Waals surface area contributed by atoms with E-state index in [1.807, 2.05) is 11.0 Å². The minimum absolute atomic E-state index is 0.143. The van der Waals surface area contributed by atoms with Crippen LogP contribution in [-0.4, -0.2) is 30.1 Å². The molecule has 0 bridgehead atoms. The monoisotopic (exact) mass is 300 g/mol. The average molecular weight is 300 g/mol. The zero-order valence-electron chi connectivity index (χ0n) is 13.8. The second kappa shape index (κ2) is 6.72. The fraction of sp³-hybridized carbons (Fsp3) is 0.632. The predicted molar refractivity (Wildman–Crippen MR) is 89.9 cm³/mol. The number of carbonyl (C=O) groups is 1. The fourth-order valence-electron chi connectivity index (χ4n) is 4.07. The molecule has 1 saturated carbocycles. The molecule has 2 amide bonds. The summed E-state index contributed by atoms with van der Waals surface area (Å²) < 4.78 is 0. The Morgan fingerprint density at radius 3 is 2.64 bits per heavy atom. The Morgan fingerprint density at radius 2 is 1.91 bits per heavy atom. The summed E-state index contributed by atoms with van der Waals surface area (Å²) in [4.78, 5) is 14.5. The number of nitrogens with zero attached hydrogens (tertiary/aromatic N) is 1. The van der Waals surface area contributed by atoms with Gasteiger partial charge in [0.15, 0.2) is 0 Å². The Kier molecular flexibility index (Phi) is 4.70. The molecule has 2 aliphatic rings. The van der Waals surface area contributed by atoms with Gasteiger partial charge in [0.1, 0.15) is 0 Å². The largest absolute Gasteiger partial charge is 0.335 e. The van der Waals surface area contributed by atoms with Crippen molar-refractivity contribution in [1.29, 1.82) is 0 Å². The van der Waals surface area contributed by atoms with Crippen molar-refractivity contribution >= 4 is 6.03 Å². The van der Waals surface area contributed by atoms with Crippen LogP contribution in [0.1, 0.15) is 51.0 Å². The third-order valence-corrected chi connectivity index (χ3v) is 5.49. The van der Waals surface area contributed by atoms with E-state index >= 15 is 0 Å². The number of benzene rings is 1. The normalized spacial score (nSPS) is 32.0. The second-order valence-electron chi connectivity index (χ2n) is 7.29. The zero-order chi connectivity index (χ0) is 15.5. The Balaban J connectivity index is 1.53. The van der Waals surface area contributed by atoms with Crippen molar-refractivity contribution in [2.75, 3.05) is 13.1 Å². The van der Waals surface area contributed by atoms with Crippen molar-refractivity contribution in [3.05, 3.63) is 35.9 Å². The van der Waals surface area contributed by atoms with E-state index < -0.39 is 0 Å². The van der Waals surface area contributed by atoms with Crippen molar-refractivity contribution in [2.45, 2.75) is 51.5 Å². The van der Waals surface area contributed by atoms with Crippen molar-refractivity contribution < 1.29 is 4.79 Å². The van der Waals surface area contributed by atoms with E-state index in [1.165, 1.54) is 18.4 Å². The topological polar surface area (TPSA) is 32.3 Å². The van der Waals surface area contributed by atoms with Gasteiger partial charge in [-0.25, -0.2) is 4.79 Å². The van der Waals surface area contributed by atoms with E-state index in [9.17, 15) is 4.79 Å². The first-order valence-electron chi connectivity index (χ1n) is 8.74. The van der Waals surface area contributed by atoms with Gasteiger partial charge in [0.25, 0.3) is 0 Å².